The number of ether oxygens (including phenoxy) is 1. The number of rotatable bonds is 4. The summed E-state index contributed by atoms with van der Waals surface area (Å²) in [5, 5.41) is 2.98. The fraction of sp³-hybridized carbons (Fsp3) is 0.812. The number of nitrogens with zero attached hydrogens (tertiary/aromatic N) is 1. The van der Waals surface area contributed by atoms with Gasteiger partial charge in [-0.2, -0.15) is 0 Å². The molecule has 116 valence electrons. The van der Waals surface area contributed by atoms with Crippen LogP contribution in [0.4, 0.5) is 4.79 Å². The topological polar surface area (TPSA) is 41.6 Å². The minimum absolute atomic E-state index is 0.249. The van der Waals surface area contributed by atoms with Crippen LogP contribution < -0.4 is 5.32 Å². The minimum atomic E-state index is -0.428. The molecule has 4 nitrogen and oxygen atoms in total. The summed E-state index contributed by atoms with van der Waals surface area (Å²) in [6.45, 7) is 12.6. The molecule has 0 aromatic heterocycles. The van der Waals surface area contributed by atoms with Crippen LogP contribution >= 0.6 is 0 Å². The molecule has 0 heterocycles. The molecule has 1 aliphatic rings. The first kappa shape index (κ1) is 17.0. The van der Waals surface area contributed by atoms with Crippen LogP contribution in [-0.4, -0.2) is 42.3 Å². The van der Waals surface area contributed by atoms with Crippen molar-refractivity contribution in [1.29, 1.82) is 0 Å². The lowest BCUT2D eigenvalue weighted by molar-refractivity contribution is 0.0482. The number of hydrogen-bond acceptors (Lipinski definition) is 3. The SMILES string of the molecule is C=C(C)CN(C)C1CCC(NC(=O)OC(C)(C)C)CC1. The molecule has 1 saturated carbocycles. The lowest BCUT2D eigenvalue weighted by atomic mass is 9.90. The van der Waals surface area contributed by atoms with Crippen LogP contribution in [0.3, 0.4) is 0 Å². The van der Waals surface area contributed by atoms with E-state index < -0.39 is 5.60 Å². The second kappa shape index (κ2) is 7.11. The molecule has 0 aromatic carbocycles. The normalized spacial score (nSPS) is 23.5. The molecule has 0 spiro atoms. The van der Waals surface area contributed by atoms with Gasteiger partial charge in [0.1, 0.15) is 5.60 Å². The van der Waals surface area contributed by atoms with Gasteiger partial charge >= 0.3 is 6.09 Å². The summed E-state index contributed by atoms with van der Waals surface area (Å²) in [5.74, 6) is 0. The van der Waals surface area contributed by atoms with E-state index in [1.807, 2.05) is 20.8 Å². The Morgan fingerprint density at radius 2 is 1.85 bits per heavy atom. The van der Waals surface area contributed by atoms with Gasteiger partial charge in [-0.05, 0) is 60.4 Å². The van der Waals surface area contributed by atoms with E-state index in [4.69, 9.17) is 4.74 Å². The molecule has 0 radical (unpaired) electrons. The van der Waals surface area contributed by atoms with Crippen molar-refractivity contribution in [1.82, 2.24) is 10.2 Å². The van der Waals surface area contributed by atoms with E-state index >= 15 is 0 Å². The van der Waals surface area contributed by atoms with Crippen molar-refractivity contribution in [3.05, 3.63) is 12.2 Å². The number of hydrogen-bond donors (Lipinski definition) is 1. The summed E-state index contributed by atoms with van der Waals surface area (Å²) in [4.78, 5) is 14.1. The van der Waals surface area contributed by atoms with Gasteiger partial charge in [0.05, 0.1) is 0 Å². The Labute approximate surface area is 123 Å². The Kier molecular flexibility index (Phi) is 6.06. The van der Waals surface area contributed by atoms with Gasteiger partial charge in [-0.3, -0.25) is 4.90 Å². The second-order valence-corrected chi connectivity index (χ2v) is 7.02. The molecule has 1 amide bonds. The van der Waals surface area contributed by atoms with Crippen molar-refractivity contribution in [2.75, 3.05) is 13.6 Å². The predicted octanol–water partition coefficient (Wildman–Crippen LogP) is 3.33. The fourth-order valence-corrected chi connectivity index (χ4v) is 2.69. The van der Waals surface area contributed by atoms with Crippen molar-refractivity contribution in [2.24, 2.45) is 0 Å². The van der Waals surface area contributed by atoms with Gasteiger partial charge in [0.15, 0.2) is 0 Å². The Morgan fingerprint density at radius 3 is 2.30 bits per heavy atom. The molecule has 1 fully saturated rings. The maximum absolute atomic E-state index is 11.7. The number of carbonyl (C=O) groups is 1. The number of carbonyl (C=O) groups excluding carboxylic acids is 1. The third-order valence-electron chi connectivity index (χ3n) is 3.56. The molecule has 20 heavy (non-hydrogen) atoms. The van der Waals surface area contributed by atoms with E-state index in [1.54, 1.807) is 0 Å². The lowest BCUT2D eigenvalue weighted by Gasteiger charge is -2.35. The standard InChI is InChI=1S/C16H30N2O2/c1-12(2)11-18(6)14-9-7-13(8-10-14)17-15(19)20-16(3,4)5/h13-14H,1,7-11H2,2-6H3,(H,17,19). The van der Waals surface area contributed by atoms with Crippen molar-refractivity contribution in [3.8, 4) is 0 Å². The molecule has 0 aromatic rings. The van der Waals surface area contributed by atoms with Crippen LogP contribution in [0.2, 0.25) is 0 Å². The highest BCUT2D eigenvalue weighted by Crippen LogP contribution is 2.23. The monoisotopic (exact) mass is 282 g/mol. The van der Waals surface area contributed by atoms with E-state index in [0.29, 0.717) is 6.04 Å². The first-order valence-electron chi connectivity index (χ1n) is 7.51. The van der Waals surface area contributed by atoms with Crippen LogP contribution in [0, 0.1) is 0 Å². The van der Waals surface area contributed by atoms with Gasteiger partial charge in [0.25, 0.3) is 0 Å². The molecule has 1 N–H and O–H groups in total. The third-order valence-corrected chi connectivity index (χ3v) is 3.56. The zero-order valence-corrected chi connectivity index (χ0v) is 13.7. The average Bonchev–Trinajstić information content (AvgIpc) is 2.26. The lowest BCUT2D eigenvalue weighted by Crippen LogP contribution is -2.44. The highest BCUT2D eigenvalue weighted by molar-refractivity contribution is 5.68. The van der Waals surface area contributed by atoms with Crippen LogP contribution in [0.1, 0.15) is 53.4 Å². The van der Waals surface area contributed by atoms with Crippen molar-refractivity contribution in [3.63, 3.8) is 0 Å². The summed E-state index contributed by atoms with van der Waals surface area (Å²) in [6.07, 6.45) is 3.97. The second-order valence-electron chi connectivity index (χ2n) is 7.02. The Balaban J connectivity index is 2.32. The fourth-order valence-electron chi connectivity index (χ4n) is 2.69. The molecular weight excluding hydrogens is 252 g/mol. The predicted molar refractivity (Wildman–Crippen MR) is 82.9 cm³/mol. The molecular formula is C16H30N2O2. The first-order chi connectivity index (χ1) is 9.17. The summed E-state index contributed by atoms with van der Waals surface area (Å²) >= 11 is 0. The smallest absolute Gasteiger partial charge is 0.407 e. The van der Waals surface area contributed by atoms with Gasteiger partial charge in [-0.15, -0.1) is 0 Å². The zero-order valence-electron chi connectivity index (χ0n) is 13.7. The maximum atomic E-state index is 11.7. The van der Waals surface area contributed by atoms with Gasteiger partial charge < -0.3 is 10.1 Å². The summed E-state index contributed by atoms with van der Waals surface area (Å²) in [6, 6.07) is 0.850. The van der Waals surface area contributed by atoms with Crippen LogP contribution in [-0.2, 0) is 4.74 Å². The molecule has 0 aliphatic heterocycles. The molecule has 4 heteroatoms. The van der Waals surface area contributed by atoms with E-state index in [9.17, 15) is 4.79 Å². The van der Waals surface area contributed by atoms with Gasteiger partial charge in [0.2, 0.25) is 0 Å². The van der Waals surface area contributed by atoms with E-state index in [-0.39, 0.29) is 12.1 Å². The van der Waals surface area contributed by atoms with Crippen LogP contribution in [0.15, 0.2) is 12.2 Å². The Bertz CT molecular complexity index is 339. The molecule has 1 aliphatic carbocycles. The largest absolute Gasteiger partial charge is 0.444 e. The Hall–Kier alpha value is -1.03. The van der Waals surface area contributed by atoms with Gasteiger partial charge in [-0.25, -0.2) is 4.79 Å². The maximum Gasteiger partial charge on any atom is 0.407 e. The highest BCUT2D eigenvalue weighted by atomic mass is 16.6. The zero-order chi connectivity index (χ0) is 15.3. The van der Waals surface area contributed by atoms with E-state index in [1.165, 1.54) is 5.57 Å². The highest BCUT2D eigenvalue weighted by Gasteiger charge is 2.26. The first-order valence-corrected chi connectivity index (χ1v) is 7.51. The average molecular weight is 282 g/mol. The van der Waals surface area contributed by atoms with E-state index in [2.05, 4.69) is 30.8 Å². The minimum Gasteiger partial charge on any atom is -0.444 e. The van der Waals surface area contributed by atoms with Gasteiger partial charge in [0, 0.05) is 18.6 Å². The molecule has 0 atom stereocenters. The van der Waals surface area contributed by atoms with E-state index in [0.717, 1.165) is 32.2 Å². The quantitative estimate of drug-likeness (QED) is 0.804. The van der Waals surface area contributed by atoms with Gasteiger partial charge in [-0.1, -0.05) is 12.2 Å². The molecule has 1 rings (SSSR count). The third kappa shape index (κ3) is 6.42. The number of nitrogens with one attached hydrogen (secondary N) is 1. The van der Waals surface area contributed by atoms with Crippen LogP contribution in [0.25, 0.3) is 0 Å². The molecule has 0 unspecified atom stereocenters. The molecule has 0 bridgehead atoms. The summed E-state index contributed by atoms with van der Waals surface area (Å²) < 4.78 is 5.30. The Morgan fingerprint density at radius 1 is 1.30 bits per heavy atom. The van der Waals surface area contributed by atoms with Crippen molar-refractivity contribution >= 4 is 6.09 Å². The summed E-state index contributed by atoms with van der Waals surface area (Å²) in [5.41, 5.74) is 0.768. The van der Waals surface area contributed by atoms with Crippen molar-refractivity contribution in [2.45, 2.75) is 71.1 Å². The van der Waals surface area contributed by atoms with Crippen LogP contribution in [0.5, 0.6) is 0 Å². The number of alkyl carbamates (subject to hydrolysis) is 1. The van der Waals surface area contributed by atoms with Crippen molar-refractivity contribution < 1.29 is 9.53 Å². The number of amides is 1. The molecule has 0 saturated heterocycles. The number of likely N-dealkylation sites (N-methyl/N-ethyl adjacent to an activating group) is 1. The summed E-state index contributed by atoms with van der Waals surface area (Å²) in [7, 11) is 2.15.